The van der Waals surface area contributed by atoms with Crippen LogP contribution in [-0.4, -0.2) is 67.9 Å². The van der Waals surface area contributed by atoms with Crippen LogP contribution in [0.2, 0.25) is 0 Å². The summed E-state index contributed by atoms with van der Waals surface area (Å²) in [5.41, 5.74) is -2.14. The SMILES string of the molecule is CCCCCCCC[P+](CCCCCCCC)(CCCCCCCC)C(C)=O.O=C(O)CC(O)(CC(=O)O)C(=O)O. The van der Waals surface area contributed by atoms with Crippen molar-refractivity contribution in [2.75, 3.05) is 18.5 Å². The highest BCUT2D eigenvalue weighted by Gasteiger charge is 2.42. The van der Waals surface area contributed by atoms with Crippen LogP contribution in [0.5, 0.6) is 0 Å². The third-order valence-electron chi connectivity index (χ3n) is 7.77. The maximum absolute atomic E-state index is 12.8. The molecule has 4 N–H and O–H groups in total. The highest BCUT2D eigenvalue weighted by Crippen LogP contribution is 2.61. The van der Waals surface area contributed by atoms with E-state index in [1.807, 2.05) is 6.92 Å². The molecule has 8 nitrogen and oxygen atoms in total. The van der Waals surface area contributed by atoms with Crippen molar-refractivity contribution >= 4 is 30.7 Å². The Kier molecular flexibility index (Phi) is 26.5. The maximum atomic E-state index is 12.8. The fourth-order valence-corrected chi connectivity index (χ4v) is 9.21. The lowest BCUT2D eigenvalue weighted by atomic mass is 9.96. The lowest BCUT2D eigenvalue weighted by Crippen LogP contribution is -2.42. The van der Waals surface area contributed by atoms with Gasteiger partial charge in [0.2, 0.25) is 0 Å². The largest absolute Gasteiger partial charge is 0.481 e. The average molecular weight is 606 g/mol. The van der Waals surface area contributed by atoms with Gasteiger partial charge in [-0.2, -0.15) is 0 Å². The number of aliphatic hydroxyl groups is 1. The summed E-state index contributed by atoms with van der Waals surface area (Å²) in [4.78, 5) is 43.3. The molecule has 0 rings (SSSR count). The minimum Gasteiger partial charge on any atom is -0.481 e. The van der Waals surface area contributed by atoms with Crippen LogP contribution in [0.3, 0.4) is 0 Å². The second kappa shape index (κ2) is 26.1. The molecule has 0 aliphatic heterocycles. The molecule has 0 saturated carbocycles. The summed E-state index contributed by atoms with van der Waals surface area (Å²) in [7, 11) is -1.37. The van der Waals surface area contributed by atoms with Crippen molar-refractivity contribution in [2.24, 2.45) is 0 Å². The Bertz CT molecular complexity index is 653. The van der Waals surface area contributed by atoms with Gasteiger partial charge in [-0.25, -0.2) is 4.79 Å². The molecule has 0 saturated heterocycles. The summed E-state index contributed by atoms with van der Waals surface area (Å²) >= 11 is 0. The lowest BCUT2D eigenvalue weighted by Gasteiger charge is -2.25. The van der Waals surface area contributed by atoms with Crippen LogP contribution in [0.4, 0.5) is 0 Å². The number of hydrogen-bond acceptors (Lipinski definition) is 5. The number of carbonyl (C=O) groups excluding carboxylic acids is 1. The minimum absolute atomic E-state index is 0.600. The van der Waals surface area contributed by atoms with Gasteiger partial charge in [0.1, 0.15) is 0 Å². The molecule has 0 spiro atoms. The van der Waals surface area contributed by atoms with E-state index in [-0.39, 0.29) is 0 Å². The first-order valence-corrected chi connectivity index (χ1v) is 18.5. The second-order valence-corrected chi connectivity index (χ2v) is 15.9. The molecule has 0 amide bonds. The van der Waals surface area contributed by atoms with E-state index in [2.05, 4.69) is 20.8 Å². The zero-order valence-corrected chi connectivity index (χ0v) is 27.5. The monoisotopic (exact) mass is 605 g/mol. The summed E-state index contributed by atoms with van der Waals surface area (Å²) in [6.45, 7) is 8.80. The molecular weight excluding hydrogens is 543 g/mol. The van der Waals surface area contributed by atoms with Crippen LogP contribution in [0.15, 0.2) is 0 Å². The van der Waals surface area contributed by atoms with Gasteiger partial charge in [-0.15, -0.1) is 0 Å². The highest BCUT2D eigenvalue weighted by atomic mass is 31.2. The Morgan fingerprint density at radius 3 is 1.00 bits per heavy atom. The van der Waals surface area contributed by atoms with Crippen LogP contribution in [0, 0.1) is 0 Å². The van der Waals surface area contributed by atoms with Crippen LogP contribution < -0.4 is 0 Å². The Balaban J connectivity index is 0. The van der Waals surface area contributed by atoms with Crippen molar-refractivity contribution in [3.05, 3.63) is 0 Å². The van der Waals surface area contributed by atoms with Crippen LogP contribution in [-0.2, 0) is 19.2 Å². The highest BCUT2D eigenvalue weighted by molar-refractivity contribution is 7.90. The van der Waals surface area contributed by atoms with Crippen molar-refractivity contribution < 1.29 is 39.6 Å². The first-order valence-electron chi connectivity index (χ1n) is 16.2. The first-order chi connectivity index (χ1) is 19.4. The molecule has 0 aromatic rings. The molecule has 0 bridgehead atoms. The molecule has 0 radical (unpaired) electrons. The van der Waals surface area contributed by atoms with Crippen molar-refractivity contribution in [2.45, 2.75) is 162 Å². The number of carboxylic acids is 3. The van der Waals surface area contributed by atoms with Crippen LogP contribution in [0.1, 0.15) is 156 Å². The van der Waals surface area contributed by atoms with Gasteiger partial charge in [0, 0.05) is 6.92 Å². The molecule has 0 fully saturated rings. The number of hydrogen-bond donors (Lipinski definition) is 4. The second-order valence-electron chi connectivity index (χ2n) is 11.6. The van der Waals surface area contributed by atoms with E-state index in [0.29, 0.717) is 5.52 Å². The molecule has 0 unspecified atom stereocenters. The number of unbranched alkanes of at least 4 members (excludes halogenated alkanes) is 15. The van der Waals surface area contributed by atoms with E-state index < -0.39 is 43.6 Å². The number of rotatable bonds is 27. The van der Waals surface area contributed by atoms with Gasteiger partial charge < -0.3 is 20.4 Å². The zero-order chi connectivity index (χ0) is 31.6. The number of carbonyl (C=O) groups is 4. The molecule has 0 aliphatic carbocycles. The Morgan fingerprint density at radius 1 is 0.512 bits per heavy atom. The summed E-state index contributed by atoms with van der Waals surface area (Å²) < 4.78 is 0. The fraction of sp³-hybridized carbons (Fsp3) is 0.875. The predicted molar refractivity (Wildman–Crippen MR) is 169 cm³/mol. The third-order valence-corrected chi connectivity index (χ3v) is 12.6. The topological polar surface area (TPSA) is 149 Å². The third kappa shape index (κ3) is 22.7. The average Bonchev–Trinajstić information content (AvgIpc) is 2.88. The molecule has 0 aromatic heterocycles. The first kappa shape index (κ1) is 41.6. The lowest BCUT2D eigenvalue weighted by molar-refractivity contribution is -0.170. The van der Waals surface area contributed by atoms with Gasteiger partial charge in [0.15, 0.2) is 5.60 Å². The van der Waals surface area contributed by atoms with Crippen LogP contribution in [0.25, 0.3) is 0 Å². The Hall–Kier alpha value is -1.53. The summed E-state index contributed by atoms with van der Waals surface area (Å²) in [5, 5.41) is 33.8. The van der Waals surface area contributed by atoms with Crippen molar-refractivity contribution in [3.8, 4) is 0 Å². The predicted octanol–water partition coefficient (Wildman–Crippen LogP) is 8.38. The summed E-state index contributed by atoms with van der Waals surface area (Å²) in [6, 6.07) is 0. The van der Waals surface area contributed by atoms with Crippen molar-refractivity contribution in [1.29, 1.82) is 0 Å². The van der Waals surface area contributed by atoms with Gasteiger partial charge in [0.05, 0.1) is 38.6 Å². The van der Waals surface area contributed by atoms with Gasteiger partial charge in [-0.05, 0) is 38.5 Å². The quantitative estimate of drug-likeness (QED) is 0.0539. The van der Waals surface area contributed by atoms with Crippen LogP contribution >= 0.6 is 7.26 Å². The van der Waals surface area contributed by atoms with E-state index >= 15 is 0 Å². The molecular formula is C32H62O8P+. The fourth-order valence-electron chi connectivity index (χ4n) is 5.11. The van der Waals surface area contributed by atoms with Crippen molar-refractivity contribution in [1.82, 2.24) is 0 Å². The van der Waals surface area contributed by atoms with E-state index in [1.54, 1.807) is 0 Å². The van der Waals surface area contributed by atoms with E-state index in [4.69, 9.17) is 20.4 Å². The molecule has 0 aromatic carbocycles. The summed E-state index contributed by atoms with van der Waals surface area (Å²) in [5.74, 6) is -5.02. The molecule has 9 heteroatoms. The van der Waals surface area contributed by atoms with E-state index in [9.17, 15) is 19.2 Å². The summed E-state index contributed by atoms with van der Waals surface area (Å²) in [6.07, 6.45) is 25.8. The Labute approximate surface area is 250 Å². The van der Waals surface area contributed by atoms with E-state index in [1.165, 1.54) is 134 Å². The normalized spacial score (nSPS) is 11.5. The Morgan fingerprint density at radius 2 is 0.780 bits per heavy atom. The van der Waals surface area contributed by atoms with Gasteiger partial charge in [-0.3, -0.25) is 14.4 Å². The molecule has 0 atom stereocenters. The van der Waals surface area contributed by atoms with Gasteiger partial charge >= 0.3 is 17.9 Å². The molecule has 41 heavy (non-hydrogen) atoms. The molecule has 0 aliphatic rings. The molecule has 0 heterocycles. The smallest absolute Gasteiger partial charge is 0.336 e. The zero-order valence-electron chi connectivity index (χ0n) is 26.6. The van der Waals surface area contributed by atoms with Gasteiger partial charge in [0.25, 0.3) is 5.52 Å². The maximum Gasteiger partial charge on any atom is 0.336 e. The molecule has 242 valence electrons. The van der Waals surface area contributed by atoms with E-state index in [0.717, 1.165) is 0 Å². The minimum atomic E-state index is -2.74. The van der Waals surface area contributed by atoms with Crippen molar-refractivity contribution in [3.63, 3.8) is 0 Å². The number of aliphatic carboxylic acids is 3. The van der Waals surface area contributed by atoms with Gasteiger partial charge in [-0.1, -0.05) is 97.8 Å². The number of carboxylic acid groups (broad SMARTS) is 3. The standard InChI is InChI=1S/C26H54OP.C6H8O7/c1-5-8-11-14-17-20-23-28(26(4)27,24-21-18-15-12-9-6-2)25-22-19-16-13-10-7-3;7-3(8)1-6(13,5(11)12)2-4(9)10/h5-25H2,1-4H3;13H,1-2H2,(H,7,8)(H,9,10)(H,11,12)/q+1;.